The molecule has 3 N–H and O–H groups in total. The Balaban J connectivity index is 0.00000272. The summed E-state index contributed by atoms with van der Waals surface area (Å²) in [5, 5.41) is 7.50. The molecule has 0 unspecified atom stereocenters. The van der Waals surface area contributed by atoms with Crippen LogP contribution in [0.25, 0.3) is 0 Å². The van der Waals surface area contributed by atoms with E-state index in [2.05, 4.69) is 4.90 Å². The van der Waals surface area contributed by atoms with Crippen molar-refractivity contribution in [2.45, 2.75) is 51.7 Å². The zero-order valence-electron chi connectivity index (χ0n) is 19.7. The third kappa shape index (κ3) is 7.40. The number of halogens is 2. The van der Waals surface area contributed by atoms with E-state index in [4.69, 9.17) is 15.9 Å². The molecule has 0 radical (unpaired) electrons. The fourth-order valence-electron chi connectivity index (χ4n) is 4.41. The van der Waals surface area contributed by atoms with Gasteiger partial charge in [-0.15, -0.1) is 24.8 Å². The highest BCUT2D eigenvalue weighted by molar-refractivity contribution is 5.95. The van der Waals surface area contributed by atoms with E-state index in [1.807, 2.05) is 55.0 Å². The molecule has 10 heteroatoms. The molecule has 8 nitrogen and oxygen atoms in total. The van der Waals surface area contributed by atoms with Gasteiger partial charge in [0.1, 0.15) is 5.84 Å². The van der Waals surface area contributed by atoms with Crippen molar-refractivity contribution in [2.75, 3.05) is 38.1 Å². The van der Waals surface area contributed by atoms with Crippen LogP contribution in [-0.4, -0.2) is 73.0 Å². The lowest BCUT2D eigenvalue weighted by Crippen LogP contribution is -2.54. The number of carbonyl (C=O) groups is 2. The van der Waals surface area contributed by atoms with Crippen molar-refractivity contribution in [2.24, 2.45) is 11.7 Å². The molecule has 0 aromatic heterocycles. The summed E-state index contributed by atoms with van der Waals surface area (Å²) in [6.07, 6.45) is 3.14. The van der Waals surface area contributed by atoms with Crippen LogP contribution < -0.4 is 10.6 Å². The van der Waals surface area contributed by atoms with Gasteiger partial charge in [-0.2, -0.15) is 0 Å². The van der Waals surface area contributed by atoms with Crippen molar-refractivity contribution < 1.29 is 14.3 Å². The number of nitrogen functional groups attached to an aromatic ring is 1. The maximum absolute atomic E-state index is 13.0. The lowest BCUT2D eigenvalue weighted by molar-refractivity contribution is -0.153. The Hall–Kier alpha value is -2.19. The van der Waals surface area contributed by atoms with Crippen LogP contribution in [0.5, 0.6) is 0 Å². The SMILES string of the molecule is CC(C)OC(=O)C1CCC(N(C)C(=O)N2CCN(c3ccc(C(=N)N)cc3)CC2)CC1.Cl.Cl. The number of nitrogens with zero attached hydrogens (tertiary/aromatic N) is 3. The Kier molecular flexibility index (Phi) is 11.3. The second-order valence-corrected chi connectivity index (χ2v) is 8.82. The molecule has 1 aliphatic heterocycles. The topological polar surface area (TPSA) is 103 Å². The van der Waals surface area contributed by atoms with Gasteiger partial charge in [-0.05, 0) is 63.8 Å². The van der Waals surface area contributed by atoms with Crippen LogP contribution in [0.15, 0.2) is 24.3 Å². The van der Waals surface area contributed by atoms with Gasteiger partial charge in [0.05, 0.1) is 12.0 Å². The number of amides is 2. The van der Waals surface area contributed by atoms with Crippen molar-refractivity contribution in [3.05, 3.63) is 29.8 Å². The van der Waals surface area contributed by atoms with E-state index in [-0.39, 0.29) is 60.7 Å². The number of hydrogen-bond acceptors (Lipinski definition) is 5. The molecule has 0 spiro atoms. The first-order valence-electron chi connectivity index (χ1n) is 11.2. The fourth-order valence-corrected chi connectivity index (χ4v) is 4.41. The third-order valence-electron chi connectivity index (χ3n) is 6.32. The first kappa shape index (κ1) is 28.8. The van der Waals surface area contributed by atoms with Gasteiger partial charge in [0, 0.05) is 50.5 Å². The highest BCUT2D eigenvalue weighted by atomic mass is 35.5. The second kappa shape index (κ2) is 12.9. The van der Waals surface area contributed by atoms with Crippen LogP contribution in [0.3, 0.4) is 0 Å². The summed E-state index contributed by atoms with van der Waals surface area (Å²) in [7, 11) is 1.88. The molecule has 1 saturated carbocycles. The molecular weight excluding hydrogens is 465 g/mol. The molecule has 1 aromatic rings. The number of carbonyl (C=O) groups excluding carboxylic acids is 2. The number of amidine groups is 1. The Morgan fingerprint density at radius 2 is 1.58 bits per heavy atom. The summed E-state index contributed by atoms with van der Waals surface area (Å²) < 4.78 is 5.34. The van der Waals surface area contributed by atoms with Crippen molar-refractivity contribution in [1.29, 1.82) is 5.41 Å². The molecule has 1 aliphatic carbocycles. The standard InChI is InChI=1S/C23H35N5O3.2ClH/c1-16(2)31-22(29)18-6-8-19(9-7-18)26(3)23(30)28-14-12-27(13-15-28)20-10-4-17(5-11-20)21(24)25;;/h4-5,10-11,16,18-19H,6-9,12-15H2,1-3H3,(H3,24,25);2*1H. The minimum absolute atomic E-state index is 0. The van der Waals surface area contributed by atoms with Gasteiger partial charge in [-0.25, -0.2) is 4.79 Å². The molecule has 2 fully saturated rings. The predicted octanol–water partition coefficient (Wildman–Crippen LogP) is 3.50. The van der Waals surface area contributed by atoms with Crippen molar-refractivity contribution >= 4 is 48.3 Å². The van der Waals surface area contributed by atoms with E-state index in [0.29, 0.717) is 18.7 Å². The van der Waals surface area contributed by atoms with E-state index < -0.39 is 0 Å². The smallest absolute Gasteiger partial charge is 0.320 e. The molecule has 3 rings (SSSR count). The van der Waals surface area contributed by atoms with Crippen LogP contribution in [-0.2, 0) is 9.53 Å². The summed E-state index contributed by atoms with van der Waals surface area (Å²) in [5.74, 6) is -0.0779. The Labute approximate surface area is 209 Å². The molecule has 186 valence electrons. The molecule has 33 heavy (non-hydrogen) atoms. The number of anilines is 1. The Morgan fingerprint density at radius 3 is 2.06 bits per heavy atom. The van der Waals surface area contributed by atoms with Gasteiger partial charge in [0.25, 0.3) is 0 Å². The number of hydrogen-bond donors (Lipinski definition) is 2. The number of esters is 1. The lowest BCUT2D eigenvalue weighted by Gasteiger charge is -2.41. The van der Waals surface area contributed by atoms with Gasteiger partial charge in [0.2, 0.25) is 0 Å². The number of nitrogens with one attached hydrogen (secondary N) is 1. The monoisotopic (exact) mass is 501 g/mol. The Morgan fingerprint density at radius 1 is 1.03 bits per heavy atom. The van der Waals surface area contributed by atoms with Gasteiger partial charge in [-0.3, -0.25) is 10.2 Å². The average molecular weight is 502 g/mol. The third-order valence-corrected chi connectivity index (χ3v) is 6.32. The summed E-state index contributed by atoms with van der Waals surface area (Å²) >= 11 is 0. The zero-order valence-corrected chi connectivity index (χ0v) is 21.3. The van der Waals surface area contributed by atoms with E-state index >= 15 is 0 Å². The predicted molar refractivity (Wildman–Crippen MR) is 136 cm³/mol. The van der Waals surface area contributed by atoms with Crippen LogP contribution in [0.2, 0.25) is 0 Å². The number of rotatable bonds is 5. The number of urea groups is 1. The first-order valence-corrected chi connectivity index (χ1v) is 11.2. The summed E-state index contributed by atoms with van der Waals surface area (Å²) in [6.45, 7) is 6.63. The van der Waals surface area contributed by atoms with Crippen molar-refractivity contribution in [1.82, 2.24) is 9.80 Å². The lowest BCUT2D eigenvalue weighted by atomic mass is 9.85. The quantitative estimate of drug-likeness (QED) is 0.365. The Bertz CT molecular complexity index is 790. The molecule has 2 aliphatic rings. The molecule has 1 heterocycles. The minimum atomic E-state index is -0.102. The summed E-state index contributed by atoms with van der Waals surface area (Å²) in [5.41, 5.74) is 7.32. The summed E-state index contributed by atoms with van der Waals surface area (Å²) in [4.78, 5) is 31.2. The van der Waals surface area contributed by atoms with Gasteiger partial charge < -0.3 is 25.2 Å². The minimum Gasteiger partial charge on any atom is -0.463 e. The number of benzene rings is 1. The van der Waals surface area contributed by atoms with Crippen LogP contribution in [0.1, 0.15) is 45.1 Å². The molecule has 1 saturated heterocycles. The normalized spacial score (nSPS) is 20.4. The molecule has 0 atom stereocenters. The maximum Gasteiger partial charge on any atom is 0.320 e. The number of ether oxygens (including phenoxy) is 1. The molecule has 1 aromatic carbocycles. The van der Waals surface area contributed by atoms with Gasteiger partial charge in [0.15, 0.2) is 0 Å². The van der Waals surface area contributed by atoms with E-state index in [1.54, 1.807) is 0 Å². The van der Waals surface area contributed by atoms with Gasteiger partial charge in [-0.1, -0.05) is 0 Å². The number of piperazine rings is 1. The molecule has 2 amide bonds. The van der Waals surface area contributed by atoms with Gasteiger partial charge >= 0.3 is 12.0 Å². The van der Waals surface area contributed by atoms with Crippen LogP contribution in [0.4, 0.5) is 10.5 Å². The fraction of sp³-hybridized carbons (Fsp3) is 0.609. The van der Waals surface area contributed by atoms with E-state index in [1.165, 1.54) is 0 Å². The number of nitrogens with two attached hydrogens (primary N) is 1. The first-order chi connectivity index (χ1) is 14.8. The molecular formula is C23H37Cl2N5O3. The highest BCUT2D eigenvalue weighted by Crippen LogP contribution is 2.29. The molecule has 0 bridgehead atoms. The zero-order chi connectivity index (χ0) is 22.5. The van der Waals surface area contributed by atoms with Crippen LogP contribution >= 0.6 is 24.8 Å². The van der Waals surface area contributed by atoms with Crippen molar-refractivity contribution in [3.63, 3.8) is 0 Å². The van der Waals surface area contributed by atoms with E-state index in [9.17, 15) is 9.59 Å². The summed E-state index contributed by atoms with van der Waals surface area (Å²) in [6, 6.07) is 7.91. The highest BCUT2D eigenvalue weighted by Gasteiger charge is 2.33. The average Bonchev–Trinajstić information content (AvgIpc) is 2.78. The maximum atomic E-state index is 13.0. The van der Waals surface area contributed by atoms with Crippen molar-refractivity contribution in [3.8, 4) is 0 Å². The van der Waals surface area contributed by atoms with E-state index in [0.717, 1.165) is 44.5 Å². The second-order valence-electron chi connectivity index (χ2n) is 8.82. The van der Waals surface area contributed by atoms with Crippen LogP contribution in [0, 0.1) is 11.3 Å². The largest absolute Gasteiger partial charge is 0.463 e.